The van der Waals surface area contributed by atoms with Gasteiger partial charge in [-0.05, 0) is 6.92 Å². The predicted octanol–water partition coefficient (Wildman–Crippen LogP) is -0.778. The molecule has 2 aliphatic heterocycles. The smallest absolute Gasteiger partial charge is 0.323 e. The van der Waals surface area contributed by atoms with Crippen molar-refractivity contribution in [3.8, 4) is 0 Å². The molecule has 0 bridgehead atoms. The number of amides is 4. The zero-order chi connectivity index (χ0) is 14.0. The van der Waals surface area contributed by atoms with Crippen LogP contribution in [0.25, 0.3) is 0 Å². The van der Waals surface area contributed by atoms with Gasteiger partial charge in [0.25, 0.3) is 0 Å². The molecule has 4 amide bonds. The van der Waals surface area contributed by atoms with E-state index in [9.17, 15) is 14.4 Å². The minimum absolute atomic E-state index is 0.00580. The molecular weight excluding hydrogens is 252 g/mol. The molecule has 8 nitrogen and oxygen atoms in total. The number of fused-ring (bicyclic) bond motifs is 1. The number of piperazine rings is 1. The maximum absolute atomic E-state index is 12.2. The summed E-state index contributed by atoms with van der Waals surface area (Å²) < 4.78 is 0. The summed E-state index contributed by atoms with van der Waals surface area (Å²) in [6.45, 7) is 3.73. The van der Waals surface area contributed by atoms with Crippen LogP contribution in [-0.4, -0.2) is 83.1 Å². The zero-order valence-electron chi connectivity index (χ0n) is 10.8. The Kier molecular flexibility index (Phi) is 3.77. The van der Waals surface area contributed by atoms with Crippen LogP contribution in [0.5, 0.6) is 0 Å². The van der Waals surface area contributed by atoms with Gasteiger partial charge >= 0.3 is 18.0 Å². The third-order valence-electron chi connectivity index (χ3n) is 3.48. The molecule has 2 saturated heterocycles. The highest BCUT2D eigenvalue weighted by atomic mass is 16.4. The molecule has 0 aromatic heterocycles. The van der Waals surface area contributed by atoms with Crippen molar-refractivity contribution in [2.75, 3.05) is 39.3 Å². The molecule has 2 N–H and O–H groups in total. The Labute approximate surface area is 110 Å². The highest BCUT2D eigenvalue weighted by Crippen LogP contribution is 2.15. The van der Waals surface area contributed by atoms with Crippen LogP contribution in [0.4, 0.5) is 9.59 Å². The lowest BCUT2D eigenvalue weighted by Crippen LogP contribution is -2.57. The van der Waals surface area contributed by atoms with Crippen molar-refractivity contribution in [2.45, 2.75) is 13.0 Å². The quantitative estimate of drug-likeness (QED) is 0.703. The second-order valence-electron chi connectivity index (χ2n) is 4.67. The molecule has 8 heteroatoms. The lowest BCUT2D eigenvalue weighted by atomic mass is 10.2. The van der Waals surface area contributed by atoms with Crippen molar-refractivity contribution in [1.82, 2.24) is 20.0 Å². The minimum atomic E-state index is -1.02. The Hall–Kier alpha value is -1.99. The van der Waals surface area contributed by atoms with Gasteiger partial charge in [0, 0.05) is 32.7 Å². The Balaban J connectivity index is 1.97. The molecule has 0 saturated carbocycles. The van der Waals surface area contributed by atoms with E-state index >= 15 is 0 Å². The fourth-order valence-corrected chi connectivity index (χ4v) is 2.46. The van der Waals surface area contributed by atoms with Crippen LogP contribution in [0, 0.1) is 0 Å². The van der Waals surface area contributed by atoms with Gasteiger partial charge in [-0.1, -0.05) is 0 Å². The van der Waals surface area contributed by atoms with E-state index in [4.69, 9.17) is 5.11 Å². The van der Waals surface area contributed by atoms with E-state index in [1.54, 1.807) is 16.7 Å². The van der Waals surface area contributed by atoms with Gasteiger partial charge in [0.15, 0.2) is 0 Å². The summed E-state index contributed by atoms with van der Waals surface area (Å²) in [5.41, 5.74) is 0. The van der Waals surface area contributed by atoms with Crippen LogP contribution in [0.2, 0.25) is 0 Å². The van der Waals surface area contributed by atoms with Crippen LogP contribution in [0.15, 0.2) is 0 Å². The standard InChI is InChI=1S/C11H18N4O4/c1-2-13(7-9(16)17)11(19)14-3-4-15-8(6-14)5-12-10(15)18/h8H,2-7H2,1H3,(H,12,18)(H,16,17). The molecule has 19 heavy (non-hydrogen) atoms. The fourth-order valence-electron chi connectivity index (χ4n) is 2.46. The Morgan fingerprint density at radius 2 is 2.21 bits per heavy atom. The Morgan fingerprint density at radius 3 is 2.84 bits per heavy atom. The van der Waals surface area contributed by atoms with Gasteiger partial charge in [-0.15, -0.1) is 0 Å². The van der Waals surface area contributed by atoms with Gasteiger partial charge in [0.05, 0.1) is 6.04 Å². The Morgan fingerprint density at radius 1 is 1.47 bits per heavy atom. The van der Waals surface area contributed by atoms with Crippen LogP contribution >= 0.6 is 0 Å². The first-order valence-corrected chi connectivity index (χ1v) is 6.33. The molecular formula is C11H18N4O4. The molecule has 2 heterocycles. The lowest BCUT2D eigenvalue weighted by Gasteiger charge is -2.38. The number of carbonyl (C=O) groups is 3. The van der Waals surface area contributed by atoms with Gasteiger partial charge in [-0.3, -0.25) is 4.79 Å². The highest BCUT2D eigenvalue weighted by Gasteiger charge is 2.37. The topological polar surface area (TPSA) is 93.2 Å². The van der Waals surface area contributed by atoms with Crippen molar-refractivity contribution in [3.63, 3.8) is 0 Å². The molecule has 1 unspecified atom stereocenters. The number of nitrogens with zero attached hydrogens (tertiary/aromatic N) is 3. The molecule has 2 aliphatic rings. The third kappa shape index (κ3) is 2.72. The number of aliphatic carboxylic acids is 1. The van der Waals surface area contributed by atoms with Crippen LogP contribution in [-0.2, 0) is 4.79 Å². The summed E-state index contributed by atoms with van der Waals surface area (Å²) in [5, 5.41) is 11.5. The molecule has 0 aromatic carbocycles. The van der Waals surface area contributed by atoms with Crippen molar-refractivity contribution >= 4 is 18.0 Å². The number of rotatable bonds is 3. The van der Waals surface area contributed by atoms with Crippen molar-refractivity contribution < 1.29 is 19.5 Å². The van der Waals surface area contributed by atoms with Gasteiger partial charge in [-0.25, -0.2) is 9.59 Å². The normalized spacial score (nSPS) is 21.9. The average Bonchev–Trinajstić information content (AvgIpc) is 2.76. The second kappa shape index (κ2) is 5.33. The fraction of sp³-hybridized carbons (Fsp3) is 0.727. The molecule has 106 valence electrons. The summed E-state index contributed by atoms with van der Waals surface area (Å²) in [6, 6.07) is -0.368. The van der Waals surface area contributed by atoms with E-state index in [0.717, 1.165) is 0 Å². The summed E-state index contributed by atoms with van der Waals surface area (Å²) in [4.78, 5) is 39.0. The molecule has 0 aliphatic carbocycles. The molecule has 2 rings (SSSR count). The van der Waals surface area contributed by atoms with Crippen molar-refractivity contribution in [3.05, 3.63) is 0 Å². The molecule has 0 spiro atoms. The minimum Gasteiger partial charge on any atom is -0.480 e. The number of hydrogen-bond acceptors (Lipinski definition) is 3. The zero-order valence-corrected chi connectivity index (χ0v) is 10.8. The molecule has 2 fully saturated rings. The van der Waals surface area contributed by atoms with Crippen LogP contribution in [0.1, 0.15) is 6.92 Å². The lowest BCUT2D eigenvalue weighted by molar-refractivity contribution is -0.137. The average molecular weight is 270 g/mol. The first-order valence-electron chi connectivity index (χ1n) is 6.33. The summed E-state index contributed by atoms with van der Waals surface area (Å²) in [6.07, 6.45) is 0. The largest absolute Gasteiger partial charge is 0.480 e. The number of nitrogens with one attached hydrogen (secondary N) is 1. The van der Waals surface area contributed by atoms with Crippen molar-refractivity contribution in [2.24, 2.45) is 0 Å². The summed E-state index contributed by atoms with van der Waals surface area (Å²) >= 11 is 0. The summed E-state index contributed by atoms with van der Waals surface area (Å²) in [5.74, 6) is -1.02. The number of likely N-dealkylation sites (N-methyl/N-ethyl adjacent to an activating group) is 1. The number of carboxylic acid groups (broad SMARTS) is 1. The number of carbonyl (C=O) groups excluding carboxylic acids is 2. The maximum atomic E-state index is 12.2. The monoisotopic (exact) mass is 270 g/mol. The van der Waals surface area contributed by atoms with Gasteiger partial charge in [0.2, 0.25) is 0 Å². The predicted molar refractivity (Wildman–Crippen MR) is 65.7 cm³/mol. The first kappa shape index (κ1) is 13.4. The number of hydrogen-bond donors (Lipinski definition) is 2. The second-order valence-corrected chi connectivity index (χ2v) is 4.67. The van der Waals surface area contributed by atoms with E-state index in [2.05, 4.69) is 5.32 Å². The number of urea groups is 2. The Bertz CT molecular complexity index is 400. The maximum Gasteiger partial charge on any atom is 0.323 e. The van der Waals surface area contributed by atoms with E-state index in [1.807, 2.05) is 0 Å². The SMILES string of the molecule is CCN(CC(=O)O)C(=O)N1CCN2C(=O)NCC2C1. The van der Waals surface area contributed by atoms with Gasteiger partial charge in [0.1, 0.15) is 6.54 Å². The molecule has 0 radical (unpaired) electrons. The van der Waals surface area contributed by atoms with E-state index in [0.29, 0.717) is 32.7 Å². The van der Waals surface area contributed by atoms with E-state index in [1.165, 1.54) is 4.90 Å². The van der Waals surface area contributed by atoms with Crippen LogP contribution < -0.4 is 5.32 Å². The van der Waals surface area contributed by atoms with E-state index < -0.39 is 5.97 Å². The van der Waals surface area contributed by atoms with Gasteiger partial charge in [-0.2, -0.15) is 0 Å². The number of carboxylic acids is 1. The van der Waals surface area contributed by atoms with Crippen LogP contribution in [0.3, 0.4) is 0 Å². The third-order valence-corrected chi connectivity index (χ3v) is 3.48. The molecule has 1 atom stereocenters. The van der Waals surface area contributed by atoms with Gasteiger partial charge < -0.3 is 25.1 Å². The summed E-state index contributed by atoms with van der Waals surface area (Å²) in [7, 11) is 0. The van der Waals surface area contributed by atoms with E-state index in [-0.39, 0.29) is 24.6 Å². The highest BCUT2D eigenvalue weighted by molar-refractivity contribution is 5.81. The molecule has 0 aromatic rings. The first-order chi connectivity index (χ1) is 9.02. The van der Waals surface area contributed by atoms with Crippen molar-refractivity contribution in [1.29, 1.82) is 0 Å².